The largest absolute Gasteiger partial charge is 0.495 e. The van der Waals surface area contributed by atoms with Gasteiger partial charge >= 0.3 is 6.01 Å². The van der Waals surface area contributed by atoms with Crippen molar-refractivity contribution in [3.63, 3.8) is 0 Å². The van der Waals surface area contributed by atoms with Crippen LogP contribution in [0.4, 0.5) is 17.2 Å². The number of rotatable bonds is 5. The Morgan fingerprint density at radius 3 is 2.66 bits per heavy atom. The molecule has 162 valence electrons. The van der Waals surface area contributed by atoms with Crippen LogP contribution in [0.1, 0.15) is 6.92 Å². The van der Waals surface area contributed by atoms with Crippen molar-refractivity contribution < 1.29 is 14.2 Å². The SMILES string of the molecule is CCN1c2cc(OC)cnc2N(c2ccc(Oc3nc4cccnc4n3C)cc2)C2OC21. The van der Waals surface area contributed by atoms with Gasteiger partial charge in [-0.25, -0.2) is 9.97 Å². The van der Waals surface area contributed by atoms with Crippen LogP contribution in [0, 0.1) is 0 Å². The molecule has 1 saturated heterocycles. The van der Waals surface area contributed by atoms with E-state index in [2.05, 4.69) is 31.7 Å². The number of nitrogens with zero attached hydrogens (tertiary/aromatic N) is 6. The van der Waals surface area contributed by atoms with E-state index in [-0.39, 0.29) is 12.5 Å². The van der Waals surface area contributed by atoms with E-state index in [4.69, 9.17) is 14.2 Å². The number of fused-ring (bicyclic) bond motifs is 3. The van der Waals surface area contributed by atoms with Crippen molar-refractivity contribution in [3.8, 4) is 17.5 Å². The normalized spacial score (nSPS) is 19.0. The third-order valence-electron chi connectivity index (χ3n) is 5.85. The van der Waals surface area contributed by atoms with Gasteiger partial charge in [0.15, 0.2) is 23.9 Å². The lowest BCUT2D eigenvalue weighted by molar-refractivity contribution is 0.371. The predicted molar refractivity (Wildman–Crippen MR) is 120 cm³/mol. The van der Waals surface area contributed by atoms with Gasteiger partial charge in [-0.05, 0) is 43.3 Å². The lowest BCUT2D eigenvalue weighted by Gasteiger charge is -2.34. The maximum atomic E-state index is 6.03. The van der Waals surface area contributed by atoms with Crippen LogP contribution in [-0.4, -0.2) is 45.6 Å². The van der Waals surface area contributed by atoms with E-state index in [1.54, 1.807) is 19.5 Å². The highest BCUT2D eigenvalue weighted by atomic mass is 16.6. The van der Waals surface area contributed by atoms with Crippen LogP contribution in [0.2, 0.25) is 0 Å². The molecular weight excluding hydrogens is 408 g/mol. The highest BCUT2D eigenvalue weighted by Gasteiger charge is 2.53. The molecule has 5 heterocycles. The quantitative estimate of drug-likeness (QED) is 0.442. The summed E-state index contributed by atoms with van der Waals surface area (Å²) in [6, 6.07) is 14.1. The molecule has 2 unspecified atom stereocenters. The number of likely N-dealkylation sites (N-methyl/N-ethyl adjacent to an activating group) is 1. The molecule has 4 aromatic rings. The minimum atomic E-state index is -0.0685. The molecule has 2 aliphatic rings. The summed E-state index contributed by atoms with van der Waals surface area (Å²) in [4.78, 5) is 17.9. The number of pyridine rings is 2. The van der Waals surface area contributed by atoms with E-state index in [0.717, 1.165) is 40.7 Å². The molecule has 2 atom stereocenters. The molecule has 0 radical (unpaired) electrons. The number of epoxide rings is 1. The van der Waals surface area contributed by atoms with Crippen LogP contribution < -0.4 is 19.3 Å². The number of aryl methyl sites for hydroxylation is 1. The fourth-order valence-electron chi connectivity index (χ4n) is 4.20. The first-order chi connectivity index (χ1) is 15.7. The molecular formula is C23H22N6O3. The van der Waals surface area contributed by atoms with Gasteiger partial charge in [-0.1, -0.05) is 0 Å². The number of methoxy groups -OCH3 is 1. The second-order valence-corrected chi connectivity index (χ2v) is 7.69. The van der Waals surface area contributed by atoms with E-state index in [0.29, 0.717) is 11.8 Å². The fraction of sp³-hybridized carbons (Fsp3) is 0.261. The Balaban J connectivity index is 1.31. The smallest absolute Gasteiger partial charge is 0.303 e. The number of aromatic nitrogens is 4. The van der Waals surface area contributed by atoms with Gasteiger partial charge in [-0.15, -0.1) is 0 Å². The van der Waals surface area contributed by atoms with Gasteiger partial charge in [-0.3, -0.25) is 9.47 Å². The van der Waals surface area contributed by atoms with Gasteiger partial charge in [0, 0.05) is 31.5 Å². The average Bonchev–Trinajstić information content (AvgIpc) is 3.55. The second-order valence-electron chi connectivity index (χ2n) is 7.69. The van der Waals surface area contributed by atoms with Crippen molar-refractivity contribution in [2.24, 2.45) is 7.05 Å². The molecule has 2 aliphatic heterocycles. The summed E-state index contributed by atoms with van der Waals surface area (Å²) in [5.41, 5.74) is 3.55. The number of ether oxygens (including phenoxy) is 3. The second kappa shape index (κ2) is 7.10. The number of hydrogen-bond donors (Lipinski definition) is 0. The first-order valence-corrected chi connectivity index (χ1v) is 10.5. The Bertz CT molecular complexity index is 1310. The minimum Gasteiger partial charge on any atom is -0.495 e. The zero-order chi connectivity index (χ0) is 21.8. The topological polar surface area (TPSA) is 81.1 Å². The Labute approximate surface area is 184 Å². The Morgan fingerprint density at radius 1 is 1.06 bits per heavy atom. The van der Waals surface area contributed by atoms with Gasteiger partial charge in [0.05, 0.1) is 19.0 Å². The molecule has 3 aromatic heterocycles. The lowest BCUT2D eigenvalue weighted by atomic mass is 10.2. The Morgan fingerprint density at radius 2 is 1.91 bits per heavy atom. The van der Waals surface area contributed by atoms with E-state index < -0.39 is 0 Å². The first kappa shape index (κ1) is 18.9. The molecule has 0 amide bonds. The van der Waals surface area contributed by atoms with E-state index in [9.17, 15) is 0 Å². The fourth-order valence-corrected chi connectivity index (χ4v) is 4.20. The van der Waals surface area contributed by atoms with Crippen molar-refractivity contribution in [1.82, 2.24) is 19.5 Å². The summed E-state index contributed by atoms with van der Waals surface area (Å²) in [6.07, 6.45) is 3.42. The molecule has 1 fully saturated rings. The van der Waals surface area contributed by atoms with Crippen molar-refractivity contribution in [3.05, 3.63) is 54.9 Å². The molecule has 0 bridgehead atoms. The molecule has 9 nitrogen and oxygen atoms in total. The molecule has 9 heteroatoms. The third kappa shape index (κ3) is 2.85. The van der Waals surface area contributed by atoms with Crippen molar-refractivity contribution >= 4 is 28.4 Å². The Hall–Kier alpha value is -3.85. The predicted octanol–water partition coefficient (Wildman–Crippen LogP) is 3.82. The number of benzene rings is 1. The summed E-state index contributed by atoms with van der Waals surface area (Å²) in [7, 11) is 3.54. The van der Waals surface area contributed by atoms with Crippen LogP contribution in [0.25, 0.3) is 11.2 Å². The molecule has 0 aliphatic carbocycles. The molecule has 0 saturated carbocycles. The summed E-state index contributed by atoms with van der Waals surface area (Å²) in [5.74, 6) is 2.26. The first-order valence-electron chi connectivity index (χ1n) is 10.5. The number of imidazole rings is 1. The van der Waals surface area contributed by atoms with Gasteiger partial charge in [0.1, 0.15) is 17.0 Å². The molecule has 6 rings (SSSR count). The Kier molecular flexibility index (Phi) is 4.19. The number of hydrogen-bond acceptors (Lipinski definition) is 8. The zero-order valence-corrected chi connectivity index (χ0v) is 18.0. The summed E-state index contributed by atoms with van der Waals surface area (Å²) >= 11 is 0. The number of anilines is 3. The van der Waals surface area contributed by atoms with Crippen molar-refractivity contribution in [2.45, 2.75) is 19.4 Å². The zero-order valence-electron chi connectivity index (χ0n) is 18.0. The molecule has 0 N–H and O–H groups in total. The molecule has 0 spiro atoms. The van der Waals surface area contributed by atoms with E-state index >= 15 is 0 Å². The van der Waals surface area contributed by atoms with Gasteiger partial charge in [0.25, 0.3) is 0 Å². The van der Waals surface area contributed by atoms with Crippen molar-refractivity contribution in [1.29, 1.82) is 0 Å². The van der Waals surface area contributed by atoms with Gasteiger partial charge < -0.3 is 19.1 Å². The van der Waals surface area contributed by atoms with Crippen LogP contribution in [0.5, 0.6) is 17.5 Å². The lowest BCUT2D eigenvalue weighted by Crippen LogP contribution is -2.39. The highest BCUT2D eigenvalue weighted by molar-refractivity contribution is 5.79. The van der Waals surface area contributed by atoms with Gasteiger partial charge in [-0.2, -0.15) is 4.98 Å². The summed E-state index contributed by atoms with van der Waals surface area (Å²) in [6.45, 7) is 2.94. The van der Waals surface area contributed by atoms with Crippen LogP contribution >= 0.6 is 0 Å². The third-order valence-corrected chi connectivity index (χ3v) is 5.85. The summed E-state index contributed by atoms with van der Waals surface area (Å²) < 4.78 is 19.3. The monoisotopic (exact) mass is 430 g/mol. The van der Waals surface area contributed by atoms with Crippen molar-refractivity contribution in [2.75, 3.05) is 23.5 Å². The van der Waals surface area contributed by atoms with Gasteiger partial charge in [0.2, 0.25) is 0 Å². The van der Waals surface area contributed by atoms with E-state index in [1.165, 1.54) is 0 Å². The molecule has 32 heavy (non-hydrogen) atoms. The van der Waals surface area contributed by atoms with Crippen LogP contribution in [-0.2, 0) is 11.8 Å². The highest BCUT2D eigenvalue weighted by Crippen LogP contribution is 2.49. The summed E-state index contributed by atoms with van der Waals surface area (Å²) in [5, 5.41) is 0. The standard InChI is InChI=1S/C23H22N6O3/c1-4-28-18-12-16(30-3)13-25-20(18)29(22-21(28)32-22)14-7-9-15(10-8-14)31-23-26-17-6-5-11-24-19(17)27(23)2/h5-13,21-22H,4H2,1-3H3. The maximum absolute atomic E-state index is 6.03. The van der Waals surface area contributed by atoms with Crippen LogP contribution in [0.15, 0.2) is 54.9 Å². The van der Waals surface area contributed by atoms with Crippen LogP contribution in [0.3, 0.4) is 0 Å². The molecule has 1 aromatic carbocycles. The average molecular weight is 430 g/mol. The maximum Gasteiger partial charge on any atom is 0.303 e. The van der Waals surface area contributed by atoms with E-state index in [1.807, 2.05) is 54.1 Å². The minimum absolute atomic E-state index is 0.00447.